The number of carbonyl (C=O) groups is 1. The van der Waals surface area contributed by atoms with Gasteiger partial charge in [-0.15, -0.1) is 0 Å². The molecule has 3 heteroatoms. The number of carbonyl (C=O) groups excluding carboxylic acids is 1. The van der Waals surface area contributed by atoms with E-state index in [0.29, 0.717) is 11.3 Å². The van der Waals surface area contributed by atoms with E-state index in [0.717, 1.165) is 11.1 Å². The predicted octanol–water partition coefficient (Wildman–Crippen LogP) is 3.63. The van der Waals surface area contributed by atoms with Gasteiger partial charge in [0.25, 0.3) is 0 Å². The molecular formula is C17H17FO2. The van der Waals surface area contributed by atoms with Crippen molar-refractivity contribution in [2.45, 2.75) is 20.3 Å². The molecule has 2 rings (SSSR count). The molecule has 0 unspecified atom stereocenters. The normalized spacial score (nSPS) is 10.3. The van der Waals surface area contributed by atoms with E-state index in [9.17, 15) is 9.18 Å². The third kappa shape index (κ3) is 3.67. The fourth-order valence-corrected chi connectivity index (χ4v) is 1.93. The Bertz CT molecular complexity index is 620. The Balaban J connectivity index is 1.96. The first kappa shape index (κ1) is 14.3. The monoisotopic (exact) mass is 272 g/mol. The topological polar surface area (TPSA) is 26.3 Å². The molecule has 0 aliphatic carbocycles. The highest BCUT2D eigenvalue weighted by Gasteiger charge is 2.09. The second kappa shape index (κ2) is 6.33. The third-order valence-corrected chi connectivity index (χ3v) is 3.08. The number of aryl methyl sites for hydroxylation is 2. The highest BCUT2D eigenvalue weighted by molar-refractivity contribution is 5.82. The molecule has 20 heavy (non-hydrogen) atoms. The molecule has 0 saturated carbocycles. The van der Waals surface area contributed by atoms with Crippen LogP contribution in [-0.4, -0.2) is 12.4 Å². The first-order valence-corrected chi connectivity index (χ1v) is 6.51. The van der Waals surface area contributed by atoms with E-state index in [1.165, 1.54) is 6.07 Å². The molecule has 104 valence electrons. The van der Waals surface area contributed by atoms with Crippen LogP contribution in [0.25, 0.3) is 0 Å². The van der Waals surface area contributed by atoms with Gasteiger partial charge in [-0.3, -0.25) is 4.79 Å². The lowest BCUT2D eigenvalue weighted by atomic mass is 10.1. The fourth-order valence-electron chi connectivity index (χ4n) is 1.93. The summed E-state index contributed by atoms with van der Waals surface area (Å²) < 4.78 is 19.0. The molecule has 2 aromatic carbocycles. The number of hydrogen-bond donors (Lipinski definition) is 0. The lowest BCUT2D eigenvalue weighted by Gasteiger charge is -2.09. The Labute approximate surface area is 118 Å². The van der Waals surface area contributed by atoms with Crippen LogP contribution in [0.2, 0.25) is 0 Å². The van der Waals surface area contributed by atoms with Crippen molar-refractivity contribution in [2.75, 3.05) is 6.61 Å². The molecule has 0 aliphatic heterocycles. The predicted molar refractivity (Wildman–Crippen MR) is 76.5 cm³/mol. The Kier molecular flexibility index (Phi) is 4.51. The van der Waals surface area contributed by atoms with Gasteiger partial charge in [-0.2, -0.15) is 0 Å². The summed E-state index contributed by atoms with van der Waals surface area (Å²) in [5, 5.41) is 0. The molecule has 0 amide bonds. The Morgan fingerprint density at radius 3 is 2.65 bits per heavy atom. The van der Waals surface area contributed by atoms with Gasteiger partial charge in [0.15, 0.2) is 5.78 Å². The van der Waals surface area contributed by atoms with Crippen molar-refractivity contribution in [1.82, 2.24) is 0 Å². The van der Waals surface area contributed by atoms with Gasteiger partial charge in [0, 0.05) is 6.42 Å². The van der Waals surface area contributed by atoms with Gasteiger partial charge in [0.2, 0.25) is 0 Å². The minimum absolute atomic E-state index is 0.0430. The molecule has 2 nitrogen and oxygen atoms in total. The SMILES string of the molecule is Cc1ccc(C)c(OCC(=O)Cc2ccccc2F)c1. The maximum Gasteiger partial charge on any atom is 0.174 e. The van der Waals surface area contributed by atoms with E-state index < -0.39 is 0 Å². The zero-order valence-corrected chi connectivity index (χ0v) is 11.7. The molecule has 0 aliphatic rings. The summed E-state index contributed by atoms with van der Waals surface area (Å²) in [6.45, 7) is 3.85. The Morgan fingerprint density at radius 1 is 1.15 bits per heavy atom. The van der Waals surface area contributed by atoms with Crippen molar-refractivity contribution in [3.05, 3.63) is 65.0 Å². The molecule has 2 aromatic rings. The van der Waals surface area contributed by atoms with Crippen LogP contribution in [0.1, 0.15) is 16.7 Å². The summed E-state index contributed by atoms with van der Waals surface area (Å²) >= 11 is 0. The van der Waals surface area contributed by atoms with Crippen molar-refractivity contribution in [2.24, 2.45) is 0 Å². The number of ketones is 1. The van der Waals surface area contributed by atoms with Gasteiger partial charge in [-0.05, 0) is 42.7 Å². The van der Waals surface area contributed by atoms with Crippen LogP contribution in [0.4, 0.5) is 4.39 Å². The molecule has 0 radical (unpaired) electrons. The summed E-state index contributed by atoms with van der Waals surface area (Å²) in [5.74, 6) is 0.204. The fraction of sp³-hybridized carbons (Fsp3) is 0.235. The van der Waals surface area contributed by atoms with Crippen LogP contribution in [-0.2, 0) is 11.2 Å². The van der Waals surface area contributed by atoms with E-state index in [1.807, 2.05) is 32.0 Å². The lowest BCUT2D eigenvalue weighted by molar-refractivity contribution is -0.120. The molecule has 0 heterocycles. The zero-order chi connectivity index (χ0) is 14.5. The van der Waals surface area contributed by atoms with Gasteiger partial charge in [-0.25, -0.2) is 4.39 Å². The van der Waals surface area contributed by atoms with Crippen LogP contribution < -0.4 is 4.74 Å². The number of halogens is 1. The van der Waals surface area contributed by atoms with Crippen molar-refractivity contribution in [1.29, 1.82) is 0 Å². The van der Waals surface area contributed by atoms with Gasteiger partial charge in [0.05, 0.1) is 0 Å². The highest BCUT2D eigenvalue weighted by atomic mass is 19.1. The van der Waals surface area contributed by atoms with Gasteiger partial charge < -0.3 is 4.74 Å². The van der Waals surface area contributed by atoms with Crippen LogP contribution in [0, 0.1) is 19.7 Å². The molecule has 0 spiro atoms. The van der Waals surface area contributed by atoms with Crippen molar-refractivity contribution < 1.29 is 13.9 Å². The zero-order valence-electron chi connectivity index (χ0n) is 11.7. The molecule has 0 bridgehead atoms. The summed E-state index contributed by atoms with van der Waals surface area (Å²) in [6.07, 6.45) is 0.0531. The standard InChI is InChI=1S/C17H17FO2/c1-12-7-8-13(2)17(9-12)20-11-15(19)10-14-5-3-4-6-16(14)18/h3-9H,10-11H2,1-2H3. The third-order valence-electron chi connectivity index (χ3n) is 3.08. The van der Waals surface area contributed by atoms with E-state index >= 15 is 0 Å². The van der Waals surface area contributed by atoms with Gasteiger partial charge in [-0.1, -0.05) is 30.3 Å². The molecule has 0 N–H and O–H groups in total. The summed E-state index contributed by atoms with van der Waals surface area (Å²) in [4.78, 5) is 11.8. The van der Waals surface area contributed by atoms with Crippen LogP contribution in [0.15, 0.2) is 42.5 Å². The average molecular weight is 272 g/mol. The van der Waals surface area contributed by atoms with E-state index in [1.54, 1.807) is 18.2 Å². The van der Waals surface area contributed by atoms with Crippen LogP contribution in [0.5, 0.6) is 5.75 Å². The second-order valence-corrected chi connectivity index (χ2v) is 4.86. The van der Waals surface area contributed by atoms with E-state index in [4.69, 9.17) is 4.74 Å². The first-order chi connectivity index (χ1) is 9.56. The minimum atomic E-state index is -0.354. The number of rotatable bonds is 5. The maximum absolute atomic E-state index is 13.4. The summed E-state index contributed by atoms with van der Waals surface area (Å²) in [5.41, 5.74) is 2.46. The van der Waals surface area contributed by atoms with E-state index in [2.05, 4.69) is 0 Å². The smallest absolute Gasteiger partial charge is 0.174 e. The van der Waals surface area contributed by atoms with Gasteiger partial charge in [0.1, 0.15) is 18.2 Å². The maximum atomic E-state index is 13.4. The Morgan fingerprint density at radius 2 is 1.90 bits per heavy atom. The number of ether oxygens (including phenoxy) is 1. The molecule has 0 atom stereocenters. The first-order valence-electron chi connectivity index (χ1n) is 6.51. The lowest BCUT2D eigenvalue weighted by Crippen LogP contribution is -2.15. The second-order valence-electron chi connectivity index (χ2n) is 4.86. The minimum Gasteiger partial charge on any atom is -0.486 e. The average Bonchev–Trinajstić information content (AvgIpc) is 2.42. The molecule has 0 aromatic heterocycles. The molecule has 0 saturated heterocycles. The Hall–Kier alpha value is -2.16. The summed E-state index contributed by atoms with van der Waals surface area (Å²) in [6, 6.07) is 12.1. The van der Waals surface area contributed by atoms with Crippen molar-refractivity contribution in [3.8, 4) is 5.75 Å². The summed E-state index contributed by atoms with van der Waals surface area (Å²) in [7, 11) is 0. The largest absolute Gasteiger partial charge is 0.486 e. The highest BCUT2D eigenvalue weighted by Crippen LogP contribution is 2.19. The van der Waals surface area contributed by atoms with Crippen molar-refractivity contribution in [3.63, 3.8) is 0 Å². The van der Waals surface area contributed by atoms with Gasteiger partial charge >= 0.3 is 0 Å². The van der Waals surface area contributed by atoms with Crippen molar-refractivity contribution >= 4 is 5.78 Å². The van der Waals surface area contributed by atoms with Crippen LogP contribution >= 0.6 is 0 Å². The van der Waals surface area contributed by atoms with E-state index in [-0.39, 0.29) is 24.6 Å². The quantitative estimate of drug-likeness (QED) is 0.830. The van der Waals surface area contributed by atoms with Crippen LogP contribution in [0.3, 0.4) is 0 Å². The molecule has 0 fully saturated rings. The number of hydrogen-bond acceptors (Lipinski definition) is 2. The number of benzene rings is 2. The number of Topliss-reactive ketones (excluding diaryl/α,β-unsaturated/α-hetero) is 1. The molecular weight excluding hydrogens is 255 g/mol.